The molecule has 0 radical (unpaired) electrons. The topological polar surface area (TPSA) is 85.8 Å². The van der Waals surface area contributed by atoms with Crippen molar-refractivity contribution in [2.45, 2.75) is 18.2 Å². The number of nitrogens with two attached hydrogens (primary N) is 1. The fourth-order valence-corrected chi connectivity index (χ4v) is 2.48. The highest BCUT2D eigenvalue weighted by atomic mass is 32.2. The number of nitrogens with zero attached hydrogens (tertiary/aromatic N) is 3. The summed E-state index contributed by atoms with van der Waals surface area (Å²) in [7, 11) is 0. The van der Waals surface area contributed by atoms with E-state index in [0.717, 1.165) is 5.56 Å². The van der Waals surface area contributed by atoms with Crippen molar-refractivity contribution in [2.75, 3.05) is 11.5 Å². The van der Waals surface area contributed by atoms with Gasteiger partial charge in [0.1, 0.15) is 5.82 Å². The van der Waals surface area contributed by atoms with E-state index in [9.17, 15) is 9.18 Å². The Bertz CT molecular complexity index is 656. The van der Waals surface area contributed by atoms with Crippen LogP contribution in [0.4, 0.5) is 10.3 Å². The number of nitrogens with one attached hydrogen (secondary N) is 1. The summed E-state index contributed by atoms with van der Waals surface area (Å²) in [6.45, 7) is 4.47. The first kappa shape index (κ1) is 16.0. The number of anilines is 1. The molecule has 0 spiro atoms. The van der Waals surface area contributed by atoms with Crippen LogP contribution < -0.4 is 11.1 Å². The van der Waals surface area contributed by atoms with E-state index in [1.54, 1.807) is 22.8 Å². The Morgan fingerprint density at radius 1 is 1.41 bits per heavy atom. The molecule has 22 heavy (non-hydrogen) atoms. The summed E-state index contributed by atoms with van der Waals surface area (Å²) in [5.74, 6) is 0.0242. The quantitative estimate of drug-likeness (QED) is 0.597. The van der Waals surface area contributed by atoms with E-state index < -0.39 is 0 Å². The fourth-order valence-electron chi connectivity index (χ4n) is 1.69. The lowest BCUT2D eigenvalue weighted by Crippen LogP contribution is -2.24. The molecule has 1 heterocycles. The van der Waals surface area contributed by atoms with Gasteiger partial charge in [-0.3, -0.25) is 9.36 Å². The van der Waals surface area contributed by atoms with Crippen molar-refractivity contribution in [3.63, 3.8) is 0 Å². The number of halogens is 1. The molecule has 0 fully saturated rings. The van der Waals surface area contributed by atoms with Crippen LogP contribution in [0.1, 0.15) is 5.56 Å². The van der Waals surface area contributed by atoms with Gasteiger partial charge in [-0.15, -0.1) is 16.8 Å². The maximum absolute atomic E-state index is 12.8. The molecule has 0 aliphatic heterocycles. The molecule has 0 unspecified atom stereocenters. The first-order chi connectivity index (χ1) is 10.6. The number of thioether (sulfide) groups is 1. The summed E-state index contributed by atoms with van der Waals surface area (Å²) in [5.41, 5.74) is 6.51. The lowest BCUT2D eigenvalue weighted by atomic mass is 10.2. The molecule has 116 valence electrons. The Labute approximate surface area is 131 Å². The molecule has 0 saturated heterocycles. The third-order valence-corrected chi connectivity index (χ3v) is 3.76. The number of amides is 1. The average molecular weight is 321 g/mol. The minimum absolute atomic E-state index is 0.152. The number of aromatic nitrogens is 3. The first-order valence-corrected chi connectivity index (χ1v) is 7.52. The second-order valence-electron chi connectivity index (χ2n) is 4.43. The molecule has 0 atom stereocenters. The van der Waals surface area contributed by atoms with Gasteiger partial charge >= 0.3 is 0 Å². The lowest BCUT2D eigenvalue weighted by molar-refractivity contribution is -0.118. The molecule has 1 aromatic carbocycles. The Hall–Kier alpha value is -2.35. The molecule has 3 N–H and O–H groups in total. The molecule has 1 amide bonds. The van der Waals surface area contributed by atoms with Gasteiger partial charge in [-0.05, 0) is 17.7 Å². The summed E-state index contributed by atoms with van der Waals surface area (Å²) < 4.78 is 14.4. The SMILES string of the molecule is C=CCn1c(N)nnc1SCC(=O)NCc1ccc(F)cc1. The molecule has 0 saturated carbocycles. The van der Waals surface area contributed by atoms with E-state index >= 15 is 0 Å². The van der Waals surface area contributed by atoms with Crippen LogP contribution in [0, 0.1) is 5.82 Å². The fraction of sp³-hybridized carbons (Fsp3) is 0.214. The van der Waals surface area contributed by atoms with E-state index in [0.29, 0.717) is 18.2 Å². The van der Waals surface area contributed by atoms with Crippen LogP contribution in [0.2, 0.25) is 0 Å². The predicted octanol–water partition coefficient (Wildman–Crippen LogP) is 1.59. The molecule has 0 aliphatic rings. The monoisotopic (exact) mass is 321 g/mol. The largest absolute Gasteiger partial charge is 0.368 e. The van der Waals surface area contributed by atoms with Crippen LogP contribution in [0.25, 0.3) is 0 Å². The van der Waals surface area contributed by atoms with Crippen molar-refractivity contribution in [1.29, 1.82) is 0 Å². The first-order valence-electron chi connectivity index (χ1n) is 6.53. The zero-order valence-corrected chi connectivity index (χ0v) is 12.6. The van der Waals surface area contributed by atoms with Crippen LogP contribution in [-0.2, 0) is 17.9 Å². The molecule has 6 nitrogen and oxygen atoms in total. The van der Waals surface area contributed by atoms with Gasteiger partial charge in [0.25, 0.3) is 0 Å². The van der Waals surface area contributed by atoms with Gasteiger partial charge in [0.2, 0.25) is 11.9 Å². The number of allylic oxidation sites excluding steroid dienone is 1. The van der Waals surface area contributed by atoms with E-state index in [4.69, 9.17) is 5.73 Å². The van der Waals surface area contributed by atoms with E-state index in [1.165, 1.54) is 23.9 Å². The minimum Gasteiger partial charge on any atom is -0.368 e. The van der Waals surface area contributed by atoms with Crippen LogP contribution in [0.15, 0.2) is 42.1 Å². The van der Waals surface area contributed by atoms with Crippen LogP contribution >= 0.6 is 11.8 Å². The molecule has 0 aliphatic carbocycles. The summed E-state index contributed by atoms with van der Waals surface area (Å²) in [4.78, 5) is 11.8. The smallest absolute Gasteiger partial charge is 0.230 e. The van der Waals surface area contributed by atoms with Crippen LogP contribution in [0.5, 0.6) is 0 Å². The van der Waals surface area contributed by atoms with Crippen molar-refractivity contribution in [3.8, 4) is 0 Å². The van der Waals surface area contributed by atoms with Gasteiger partial charge in [-0.2, -0.15) is 0 Å². The van der Waals surface area contributed by atoms with Gasteiger partial charge < -0.3 is 11.1 Å². The number of nitrogen functional groups attached to an aromatic ring is 1. The molecule has 0 bridgehead atoms. The maximum Gasteiger partial charge on any atom is 0.230 e. The highest BCUT2D eigenvalue weighted by Crippen LogP contribution is 2.17. The summed E-state index contributed by atoms with van der Waals surface area (Å²) in [6.07, 6.45) is 1.68. The van der Waals surface area contributed by atoms with Crippen molar-refractivity contribution in [1.82, 2.24) is 20.1 Å². The molecular weight excluding hydrogens is 305 g/mol. The number of carbonyl (C=O) groups excluding carboxylic acids is 1. The van der Waals surface area contributed by atoms with Crippen molar-refractivity contribution in [2.24, 2.45) is 0 Å². The van der Waals surface area contributed by atoms with Crippen LogP contribution in [0.3, 0.4) is 0 Å². The van der Waals surface area contributed by atoms with Gasteiger partial charge in [-0.25, -0.2) is 4.39 Å². The van der Waals surface area contributed by atoms with Gasteiger partial charge in [0, 0.05) is 13.1 Å². The molecular formula is C14H16FN5OS. The standard InChI is InChI=1S/C14H16FN5OS/c1-2-7-20-13(16)18-19-14(20)22-9-12(21)17-8-10-3-5-11(15)6-4-10/h2-6H,1,7-9H2,(H2,16,18)(H,17,21). The Kier molecular flexibility index (Phi) is 5.54. The third-order valence-electron chi connectivity index (χ3n) is 2.79. The second kappa shape index (κ2) is 7.60. The van der Waals surface area contributed by atoms with E-state index in [-0.39, 0.29) is 23.4 Å². The third kappa shape index (κ3) is 4.32. The van der Waals surface area contributed by atoms with Crippen LogP contribution in [-0.4, -0.2) is 26.4 Å². The second-order valence-corrected chi connectivity index (χ2v) is 5.37. The Balaban J connectivity index is 1.82. The molecule has 1 aromatic heterocycles. The Morgan fingerprint density at radius 2 is 2.14 bits per heavy atom. The number of rotatable bonds is 7. The zero-order valence-electron chi connectivity index (χ0n) is 11.8. The lowest BCUT2D eigenvalue weighted by Gasteiger charge is -2.06. The van der Waals surface area contributed by atoms with Crippen molar-refractivity contribution in [3.05, 3.63) is 48.3 Å². The number of benzene rings is 1. The summed E-state index contributed by atoms with van der Waals surface area (Å²) in [5, 5.41) is 11.0. The number of carbonyl (C=O) groups is 1. The zero-order chi connectivity index (χ0) is 15.9. The maximum atomic E-state index is 12.8. The van der Waals surface area contributed by atoms with Gasteiger partial charge in [0.05, 0.1) is 5.75 Å². The van der Waals surface area contributed by atoms with E-state index in [2.05, 4.69) is 22.1 Å². The van der Waals surface area contributed by atoms with Gasteiger partial charge in [0.15, 0.2) is 5.16 Å². The van der Waals surface area contributed by atoms with Gasteiger partial charge in [-0.1, -0.05) is 30.0 Å². The molecule has 2 rings (SSSR count). The molecule has 2 aromatic rings. The Morgan fingerprint density at radius 3 is 2.82 bits per heavy atom. The highest BCUT2D eigenvalue weighted by Gasteiger charge is 2.11. The highest BCUT2D eigenvalue weighted by molar-refractivity contribution is 7.99. The normalized spacial score (nSPS) is 10.4. The predicted molar refractivity (Wildman–Crippen MR) is 83.6 cm³/mol. The minimum atomic E-state index is -0.301. The van der Waals surface area contributed by atoms with Crippen molar-refractivity contribution < 1.29 is 9.18 Å². The summed E-state index contributed by atoms with van der Waals surface area (Å²) >= 11 is 1.24. The van der Waals surface area contributed by atoms with E-state index in [1.807, 2.05) is 0 Å². The number of hydrogen-bond acceptors (Lipinski definition) is 5. The average Bonchev–Trinajstić information content (AvgIpc) is 2.86. The molecule has 8 heteroatoms. The summed E-state index contributed by atoms with van der Waals surface area (Å²) in [6, 6.07) is 5.97. The van der Waals surface area contributed by atoms with Crippen molar-refractivity contribution >= 4 is 23.6 Å². The number of hydrogen-bond donors (Lipinski definition) is 2.